The van der Waals surface area contributed by atoms with Crippen LogP contribution in [0.15, 0.2) is 36.4 Å². The molecule has 0 aromatic heterocycles. The van der Waals surface area contributed by atoms with Gasteiger partial charge in [0.2, 0.25) is 11.8 Å². The van der Waals surface area contributed by atoms with Gasteiger partial charge >= 0.3 is 0 Å². The van der Waals surface area contributed by atoms with Crippen molar-refractivity contribution in [3.63, 3.8) is 0 Å². The molecule has 8 nitrogen and oxygen atoms in total. The zero-order valence-electron chi connectivity index (χ0n) is 19.5. The molecule has 0 radical (unpaired) electrons. The lowest BCUT2D eigenvalue weighted by molar-refractivity contribution is -0.136. The van der Waals surface area contributed by atoms with Gasteiger partial charge in [0, 0.05) is 48.4 Å². The Morgan fingerprint density at radius 3 is 2.74 bits per heavy atom. The quantitative estimate of drug-likeness (QED) is 0.565. The second-order valence-electron chi connectivity index (χ2n) is 9.24. The Labute approximate surface area is 203 Å². The minimum Gasteiger partial charge on any atom is -0.492 e. The molecule has 2 fully saturated rings. The van der Waals surface area contributed by atoms with Crippen LogP contribution in [0.2, 0.25) is 0 Å². The van der Waals surface area contributed by atoms with E-state index in [2.05, 4.69) is 15.5 Å². The first-order chi connectivity index (χ1) is 17.0. The van der Waals surface area contributed by atoms with Gasteiger partial charge < -0.3 is 15.0 Å². The number of rotatable bonds is 8. The molecule has 1 atom stereocenters. The number of fused-ring (bicyclic) bond motifs is 1. The number of likely N-dealkylation sites (tertiary alicyclic amines) is 1. The van der Waals surface area contributed by atoms with E-state index in [-0.39, 0.29) is 37.1 Å². The highest BCUT2D eigenvalue weighted by Gasteiger charge is 2.39. The van der Waals surface area contributed by atoms with Crippen molar-refractivity contribution >= 4 is 23.4 Å². The van der Waals surface area contributed by atoms with Crippen molar-refractivity contribution in [2.75, 3.05) is 31.6 Å². The highest BCUT2D eigenvalue weighted by atomic mass is 19.1. The van der Waals surface area contributed by atoms with E-state index in [0.717, 1.165) is 25.2 Å². The lowest BCUT2D eigenvalue weighted by Crippen LogP contribution is -2.52. The largest absolute Gasteiger partial charge is 0.492 e. The topological polar surface area (TPSA) is 91.0 Å². The van der Waals surface area contributed by atoms with E-state index in [1.165, 1.54) is 23.8 Å². The fourth-order valence-electron chi connectivity index (χ4n) is 5.02. The molecule has 0 aliphatic carbocycles. The van der Waals surface area contributed by atoms with Gasteiger partial charge in [0.15, 0.2) is 0 Å². The molecule has 35 heavy (non-hydrogen) atoms. The second kappa shape index (κ2) is 10.0. The number of amides is 3. The fraction of sp³-hybridized carbons (Fsp3) is 0.423. The molecular formula is C26H29FN4O4. The maximum Gasteiger partial charge on any atom is 0.255 e. The van der Waals surface area contributed by atoms with Crippen molar-refractivity contribution in [2.45, 2.75) is 44.8 Å². The predicted molar refractivity (Wildman–Crippen MR) is 127 cm³/mol. The molecule has 3 aliphatic heterocycles. The van der Waals surface area contributed by atoms with E-state index < -0.39 is 11.9 Å². The molecule has 0 saturated carbocycles. The van der Waals surface area contributed by atoms with Crippen molar-refractivity contribution < 1.29 is 23.5 Å². The summed E-state index contributed by atoms with van der Waals surface area (Å²) < 4.78 is 20.4. The van der Waals surface area contributed by atoms with Crippen molar-refractivity contribution in [3.8, 4) is 5.75 Å². The van der Waals surface area contributed by atoms with Gasteiger partial charge in [-0.25, -0.2) is 4.39 Å². The Hall–Kier alpha value is -3.46. The lowest BCUT2D eigenvalue weighted by Gasteiger charge is -2.29. The normalized spacial score (nSPS) is 20.2. The van der Waals surface area contributed by atoms with Gasteiger partial charge in [-0.05, 0) is 62.7 Å². The molecule has 5 rings (SSSR count). The monoisotopic (exact) mass is 480 g/mol. The van der Waals surface area contributed by atoms with E-state index in [1.54, 1.807) is 24.3 Å². The summed E-state index contributed by atoms with van der Waals surface area (Å²) in [5, 5.41) is 5.57. The third-order valence-corrected chi connectivity index (χ3v) is 6.94. The number of imide groups is 1. The Morgan fingerprint density at radius 2 is 1.94 bits per heavy atom. The number of benzene rings is 2. The summed E-state index contributed by atoms with van der Waals surface area (Å²) in [5.41, 5.74) is 2.46. The van der Waals surface area contributed by atoms with E-state index in [1.807, 2.05) is 6.07 Å². The average molecular weight is 481 g/mol. The number of halogens is 1. The number of nitrogens with one attached hydrogen (secondary N) is 2. The Morgan fingerprint density at radius 1 is 1.11 bits per heavy atom. The number of carbonyl (C=O) groups excluding carboxylic acids is 3. The molecule has 2 N–H and O–H groups in total. The first-order valence-corrected chi connectivity index (χ1v) is 12.1. The summed E-state index contributed by atoms with van der Waals surface area (Å²) in [4.78, 5) is 40.7. The Kier molecular flexibility index (Phi) is 6.68. The summed E-state index contributed by atoms with van der Waals surface area (Å²) >= 11 is 0. The van der Waals surface area contributed by atoms with Crippen molar-refractivity contribution in [3.05, 3.63) is 58.9 Å². The third kappa shape index (κ3) is 5.00. The van der Waals surface area contributed by atoms with Crippen LogP contribution in [0.5, 0.6) is 5.75 Å². The SMILES string of the molecule is O=C1CC[C@@H](N2Cc3c(NCc4cc(OCCN5CCCC5)ccc4F)cccc3C2=O)C(=O)N1. The molecule has 9 heteroatoms. The van der Waals surface area contributed by atoms with Gasteiger partial charge in [0.1, 0.15) is 24.2 Å². The first kappa shape index (κ1) is 23.3. The Bertz CT molecular complexity index is 1150. The van der Waals surface area contributed by atoms with Crippen molar-refractivity contribution in [2.24, 2.45) is 0 Å². The standard InChI is InChI=1S/C26H29FN4O4/c27-21-7-6-18(35-13-12-30-10-1-2-11-30)14-17(21)15-28-22-5-3-4-19-20(22)16-31(26(19)34)23-8-9-24(32)29-25(23)33/h3-7,14,23,28H,1-2,8-13,15-16H2,(H,29,32,33)/t23-/m1/s1. The van der Waals surface area contributed by atoms with Crippen LogP contribution < -0.4 is 15.4 Å². The second-order valence-corrected chi connectivity index (χ2v) is 9.24. The first-order valence-electron chi connectivity index (χ1n) is 12.1. The van der Waals surface area contributed by atoms with Gasteiger partial charge in [-0.15, -0.1) is 0 Å². The van der Waals surface area contributed by atoms with Crippen LogP contribution in [0, 0.1) is 5.82 Å². The number of hydrogen-bond acceptors (Lipinski definition) is 6. The van der Waals surface area contributed by atoms with E-state index in [9.17, 15) is 18.8 Å². The van der Waals surface area contributed by atoms with Gasteiger partial charge in [0.25, 0.3) is 5.91 Å². The summed E-state index contributed by atoms with van der Waals surface area (Å²) in [7, 11) is 0. The number of carbonyl (C=O) groups is 3. The summed E-state index contributed by atoms with van der Waals surface area (Å²) in [6, 6.07) is 9.41. The molecule has 3 amide bonds. The summed E-state index contributed by atoms with van der Waals surface area (Å²) in [5.74, 6) is -0.710. The molecule has 3 heterocycles. The van der Waals surface area contributed by atoms with Gasteiger partial charge in [-0.1, -0.05) is 6.07 Å². The van der Waals surface area contributed by atoms with Crippen LogP contribution in [0.25, 0.3) is 0 Å². The lowest BCUT2D eigenvalue weighted by atomic mass is 10.0. The molecular weight excluding hydrogens is 451 g/mol. The molecule has 2 aromatic carbocycles. The van der Waals surface area contributed by atoms with Crippen LogP contribution >= 0.6 is 0 Å². The predicted octanol–water partition coefficient (Wildman–Crippen LogP) is 2.67. The number of hydrogen-bond donors (Lipinski definition) is 2. The number of ether oxygens (including phenoxy) is 1. The smallest absolute Gasteiger partial charge is 0.255 e. The van der Waals surface area contributed by atoms with Gasteiger partial charge in [-0.3, -0.25) is 24.6 Å². The van der Waals surface area contributed by atoms with Crippen LogP contribution in [0.1, 0.15) is 47.2 Å². The van der Waals surface area contributed by atoms with Crippen LogP contribution in [-0.4, -0.2) is 59.8 Å². The molecule has 184 valence electrons. The van der Waals surface area contributed by atoms with Crippen molar-refractivity contribution in [1.82, 2.24) is 15.1 Å². The minimum atomic E-state index is -0.674. The maximum atomic E-state index is 14.5. The van der Waals surface area contributed by atoms with Gasteiger partial charge in [-0.2, -0.15) is 0 Å². The highest BCUT2D eigenvalue weighted by molar-refractivity contribution is 6.06. The fourth-order valence-corrected chi connectivity index (χ4v) is 5.02. The number of piperidine rings is 1. The van der Waals surface area contributed by atoms with E-state index in [0.29, 0.717) is 35.6 Å². The maximum absolute atomic E-state index is 14.5. The molecule has 0 unspecified atom stereocenters. The summed E-state index contributed by atoms with van der Waals surface area (Å²) in [6.45, 7) is 4.10. The molecule has 2 aromatic rings. The molecule has 0 spiro atoms. The average Bonchev–Trinajstić information content (AvgIpc) is 3.48. The zero-order chi connectivity index (χ0) is 24.4. The van der Waals surface area contributed by atoms with Crippen LogP contribution in [-0.2, 0) is 22.7 Å². The molecule has 3 aliphatic rings. The van der Waals surface area contributed by atoms with Gasteiger partial charge in [0.05, 0.1) is 0 Å². The van der Waals surface area contributed by atoms with Crippen molar-refractivity contribution in [1.29, 1.82) is 0 Å². The third-order valence-electron chi connectivity index (χ3n) is 6.94. The Balaban J connectivity index is 1.24. The van der Waals surface area contributed by atoms with Crippen LogP contribution in [0.4, 0.5) is 10.1 Å². The highest BCUT2D eigenvalue weighted by Crippen LogP contribution is 2.32. The van der Waals surface area contributed by atoms with E-state index in [4.69, 9.17) is 4.74 Å². The van der Waals surface area contributed by atoms with Crippen LogP contribution in [0.3, 0.4) is 0 Å². The molecule has 0 bridgehead atoms. The minimum absolute atomic E-state index is 0.206. The van der Waals surface area contributed by atoms with E-state index >= 15 is 0 Å². The zero-order valence-corrected chi connectivity index (χ0v) is 19.5. The number of nitrogens with zero attached hydrogens (tertiary/aromatic N) is 2. The molecule has 2 saturated heterocycles. The summed E-state index contributed by atoms with van der Waals surface area (Å²) in [6.07, 6.45) is 2.97. The number of anilines is 1.